The molecule has 0 saturated carbocycles. The number of nitrogens with one attached hydrogen (secondary N) is 2. The van der Waals surface area contributed by atoms with Gasteiger partial charge in [0.25, 0.3) is 0 Å². The van der Waals surface area contributed by atoms with Crippen molar-refractivity contribution < 1.29 is 8.42 Å². The Morgan fingerprint density at radius 1 is 1.77 bits per heavy atom. The van der Waals surface area contributed by atoms with Gasteiger partial charge in [-0.25, -0.2) is 8.42 Å². The molecule has 0 bridgehead atoms. The van der Waals surface area contributed by atoms with Crippen molar-refractivity contribution in [2.75, 3.05) is 10.5 Å². The summed E-state index contributed by atoms with van der Waals surface area (Å²) in [5.74, 6) is 0.193. The number of nitrogens with zero attached hydrogens (tertiary/aromatic N) is 1. The second-order valence-electron chi connectivity index (χ2n) is 2.61. The van der Waals surface area contributed by atoms with E-state index >= 15 is 0 Å². The lowest BCUT2D eigenvalue weighted by Gasteiger charge is -2.00. The minimum absolute atomic E-state index is 0.112. The Morgan fingerprint density at radius 3 is 2.92 bits per heavy atom. The van der Waals surface area contributed by atoms with E-state index in [9.17, 15) is 8.42 Å². The topological polar surface area (TPSA) is 74.8 Å². The lowest BCUT2D eigenvalue weighted by molar-refractivity contribution is 0.604. The summed E-state index contributed by atoms with van der Waals surface area (Å²) in [6, 6.07) is 1.61. The zero-order chi connectivity index (χ0) is 9.90. The molecule has 0 aliphatic rings. The monoisotopic (exact) mass is 201 g/mol. The van der Waals surface area contributed by atoms with E-state index < -0.39 is 10.0 Å². The minimum Gasteiger partial charge on any atom is -0.281 e. The lowest BCUT2D eigenvalue weighted by Crippen LogP contribution is -2.15. The van der Waals surface area contributed by atoms with Gasteiger partial charge in [-0.1, -0.05) is 6.08 Å². The van der Waals surface area contributed by atoms with Crippen LogP contribution in [0.4, 0.5) is 5.82 Å². The van der Waals surface area contributed by atoms with Gasteiger partial charge in [0, 0.05) is 11.8 Å². The molecule has 1 heterocycles. The van der Waals surface area contributed by atoms with Gasteiger partial charge in [-0.3, -0.25) is 9.82 Å². The summed E-state index contributed by atoms with van der Waals surface area (Å²) in [4.78, 5) is 0. The third-order valence-corrected chi connectivity index (χ3v) is 2.50. The maximum absolute atomic E-state index is 11.2. The van der Waals surface area contributed by atoms with Crippen LogP contribution in [0.1, 0.15) is 5.69 Å². The van der Waals surface area contributed by atoms with Crippen LogP contribution >= 0.6 is 0 Å². The zero-order valence-corrected chi connectivity index (χ0v) is 8.06. The number of hydrogen-bond donors (Lipinski definition) is 2. The molecule has 13 heavy (non-hydrogen) atoms. The van der Waals surface area contributed by atoms with Crippen LogP contribution in [0.2, 0.25) is 0 Å². The van der Waals surface area contributed by atoms with Gasteiger partial charge >= 0.3 is 0 Å². The largest absolute Gasteiger partial charge is 0.281 e. The fraction of sp³-hybridized carbons (Fsp3) is 0.286. The van der Waals surface area contributed by atoms with Crippen LogP contribution < -0.4 is 4.72 Å². The molecular weight excluding hydrogens is 190 g/mol. The molecule has 2 N–H and O–H groups in total. The second kappa shape index (κ2) is 3.61. The van der Waals surface area contributed by atoms with E-state index in [0.29, 0.717) is 5.82 Å². The highest BCUT2D eigenvalue weighted by Gasteiger charge is 2.08. The molecule has 1 aromatic rings. The smallest absolute Gasteiger partial charge is 0.237 e. The van der Waals surface area contributed by atoms with E-state index in [0.717, 1.165) is 5.69 Å². The number of H-pyrrole nitrogens is 1. The van der Waals surface area contributed by atoms with Crippen LogP contribution in [-0.4, -0.2) is 24.4 Å². The molecule has 1 rings (SSSR count). The van der Waals surface area contributed by atoms with Crippen molar-refractivity contribution in [2.45, 2.75) is 6.92 Å². The third kappa shape index (κ3) is 2.90. The molecule has 6 heteroatoms. The van der Waals surface area contributed by atoms with Gasteiger partial charge in [-0.15, -0.1) is 6.58 Å². The molecule has 0 saturated heterocycles. The van der Waals surface area contributed by atoms with Gasteiger partial charge in [-0.2, -0.15) is 5.10 Å². The first-order valence-corrected chi connectivity index (χ1v) is 5.32. The van der Waals surface area contributed by atoms with E-state index in [1.165, 1.54) is 6.08 Å². The van der Waals surface area contributed by atoms with Gasteiger partial charge in [0.15, 0.2) is 5.82 Å². The number of aromatic amines is 1. The SMILES string of the molecule is C=CCS(=O)(=O)Nc1cc(C)[nH]n1. The molecule has 0 fully saturated rings. The lowest BCUT2D eigenvalue weighted by atomic mass is 10.5. The number of rotatable bonds is 4. The summed E-state index contributed by atoms with van der Waals surface area (Å²) >= 11 is 0. The van der Waals surface area contributed by atoms with Crippen molar-refractivity contribution in [3.8, 4) is 0 Å². The van der Waals surface area contributed by atoms with Crippen molar-refractivity contribution in [3.63, 3.8) is 0 Å². The molecule has 0 aromatic carbocycles. The highest BCUT2D eigenvalue weighted by atomic mass is 32.2. The molecule has 0 amide bonds. The highest BCUT2D eigenvalue weighted by molar-refractivity contribution is 7.92. The fourth-order valence-corrected chi connectivity index (χ4v) is 1.64. The fourth-order valence-electron chi connectivity index (χ4n) is 0.826. The van der Waals surface area contributed by atoms with E-state index in [2.05, 4.69) is 21.5 Å². The number of hydrogen-bond acceptors (Lipinski definition) is 3. The molecule has 0 unspecified atom stereocenters. The summed E-state index contributed by atoms with van der Waals surface area (Å²) in [5.41, 5.74) is 0.802. The van der Waals surface area contributed by atoms with Gasteiger partial charge in [0.2, 0.25) is 10.0 Å². The Hall–Kier alpha value is -1.30. The summed E-state index contributed by atoms with van der Waals surface area (Å²) in [6.45, 7) is 5.14. The Kier molecular flexibility index (Phi) is 2.72. The van der Waals surface area contributed by atoms with Gasteiger partial charge in [0.05, 0.1) is 5.75 Å². The molecular formula is C7H11N3O2S. The molecule has 72 valence electrons. The Labute approximate surface area is 76.9 Å². The summed E-state index contributed by atoms with van der Waals surface area (Å²) in [6.07, 6.45) is 1.32. The second-order valence-corrected chi connectivity index (χ2v) is 4.38. The summed E-state index contributed by atoms with van der Waals surface area (Å²) < 4.78 is 24.6. The third-order valence-electron chi connectivity index (χ3n) is 1.30. The van der Waals surface area contributed by atoms with Crippen molar-refractivity contribution in [1.29, 1.82) is 0 Å². The van der Waals surface area contributed by atoms with Gasteiger partial charge in [-0.05, 0) is 6.92 Å². The average Bonchev–Trinajstić information content (AvgIpc) is 2.34. The predicted molar refractivity (Wildman–Crippen MR) is 50.9 cm³/mol. The van der Waals surface area contributed by atoms with E-state index in [1.807, 2.05) is 0 Å². The average molecular weight is 201 g/mol. The summed E-state index contributed by atoms with van der Waals surface area (Å²) in [7, 11) is -3.32. The van der Waals surface area contributed by atoms with E-state index in [4.69, 9.17) is 0 Å². The maximum atomic E-state index is 11.2. The number of aryl methyl sites for hydroxylation is 1. The zero-order valence-electron chi connectivity index (χ0n) is 7.24. The van der Waals surface area contributed by atoms with Crippen molar-refractivity contribution >= 4 is 15.8 Å². The normalized spacial score (nSPS) is 11.2. The van der Waals surface area contributed by atoms with Crippen molar-refractivity contribution in [3.05, 3.63) is 24.4 Å². The highest BCUT2D eigenvalue weighted by Crippen LogP contribution is 2.06. The number of anilines is 1. The predicted octanol–water partition coefficient (Wildman–Crippen LogP) is 0.646. The first-order chi connectivity index (χ1) is 6.03. The molecule has 5 nitrogen and oxygen atoms in total. The first kappa shape index (κ1) is 9.79. The van der Waals surface area contributed by atoms with E-state index in [-0.39, 0.29) is 5.75 Å². The molecule has 1 aromatic heterocycles. The molecule has 0 aliphatic heterocycles. The quantitative estimate of drug-likeness (QED) is 0.702. The van der Waals surface area contributed by atoms with Gasteiger partial charge in [0.1, 0.15) is 0 Å². The number of aromatic nitrogens is 2. The van der Waals surface area contributed by atoms with Crippen LogP contribution in [0.3, 0.4) is 0 Å². The standard InChI is InChI=1S/C7H11N3O2S/c1-3-4-13(11,12)10-7-5-6(2)8-9-7/h3,5H,1,4H2,2H3,(H2,8,9,10). The molecule has 0 radical (unpaired) electrons. The minimum atomic E-state index is -3.32. The van der Waals surface area contributed by atoms with Gasteiger partial charge < -0.3 is 0 Å². The van der Waals surface area contributed by atoms with Crippen molar-refractivity contribution in [2.24, 2.45) is 0 Å². The van der Waals surface area contributed by atoms with Crippen LogP contribution in [0.15, 0.2) is 18.7 Å². The number of sulfonamides is 1. The van der Waals surface area contributed by atoms with Crippen LogP contribution in [0, 0.1) is 6.92 Å². The van der Waals surface area contributed by atoms with Crippen molar-refractivity contribution in [1.82, 2.24) is 10.2 Å². The van der Waals surface area contributed by atoms with Crippen LogP contribution in [0.5, 0.6) is 0 Å². The van der Waals surface area contributed by atoms with Crippen LogP contribution in [0.25, 0.3) is 0 Å². The Balaban J connectivity index is 2.74. The van der Waals surface area contributed by atoms with E-state index in [1.54, 1.807) is 13.0 Å². The summed E-state index contributed by atoms with van der Waals surface area (Å²) in [5, 5.41) is 6.36. The first-order valence-electron chi connectivity index (χ1n) is 3.67. The molecule has 0 spiro atoms. The molecule has 0 atom stereocenters. The Bertz CT molecular complexity index is 394. The maximum Gasteiger partial charge on any atom is 0.237 e. The van der Waals surface area contributed by atoms with Crippen LogP contribution in [-0.2, 0) is 10.0 Å². The molecule has 0 aliphatic carbocycles. The Morgan fingerprint density at radius 2 is 2.46 bits per heavy atom.